The standard InChI is InChI=1S/C21H29N3O3/c25-20(16-6-10-24(11-7-16)21(26)17-2-1-3-17)23-19-14-27-13-18(19)12-15-4-8-22-9-5-15/h4-5,8-9,16-19H,1-3,6-7,10-14H2,(H,23,25)/t18-,19+/m1/s1. The number of carbonyl (C=O) groups is 2. The summed E-state index contributed by atoms with van der Waals surface area (Å²) in [5, 5.41) is 3.23. The first kappa shape index (κ1) is 18.4. The molecule has 27 heavy (non-hydrogen) atoms. The van der Waals surface area contributed by atoms with Gasteiger partial charge in [-0.2, -0.15) is 0 Å². The first-order valence-corrected chi connectivity index (χ1v) is 10.3. The van der Waals surface area contributed by atoms with Gasteiger partial charge in [0.15, 0.2) is 0 Å². The average molecular weight is 371 g/mol. The number of pyridine rings is 1. The normalized spacial score (nSPS) is 26.6. The number of likely N-dealkylation sites (tertiary alicyclic amines) is 1. The van der Waals surface area contributed by atoms with Gasteiger partial charge in [0.1, 0.15) is 0 Å². The molecule has 146 valence electrons. The Morgan fingerprint density at radius 2 is 1.81 bits per heavy atom. The third kappa shape index (κ3) is 4.32. The zero-order valence-corrected chi connectivity index (χ0v) is 15.8. The lowest BCUT2D eigenvalue weighted by molar-refractivity contribution is -0.141. The summed E-state index contributed by atoms with van der Waals surface area (Å²) in [6.07, 6.45) is 9.30. The second-order valence-corrected chi connectivity index (χ2v) is 8.20. The molecule has 3 fully saturated rings. The Labute approximate surface area is 160 Å². The Hall–Kier alpha value is -1.95. The van der Waals surface area contributed by atoms with Gasteiger partial charge < -0.3 is 15.0 Å². The first-order chi connectivity index (χ1) is 13.2. The van der Waals surface area contributed by atoms with Gasteiger partial charge >= 0.3 is 0 Å². The van der Waals surface area contributed by atoms with E-state index in [-0.39, 0.29) is 23.8 Å². The highest BCUT2D eigenvalue weighted by atomic mass is 16.5. The molecule has 0 radical (unpaired) electrons. The fourth-order valence-corrected chi connectivity index (χ4v) is 4.36. The number of hydrogen-bond donors (Lipinski definition) is 1. The second-order valence-electron chi connectivity index (χ2n) is 8.20. The van der Waals surface area contributed by atoms with E-state index in [1.807, 2.05) is 17.0 Å². The van der Waals surface area contributed by atoms with Crippen LogP contribution in [0, 0.1) is 17.8 Å². The van der Waals surface area contributed by atoms with E-state index >= 15 is 0 Å². The largest absolute Gasteiger partial charge is 0.379 e. The molecule has 3 aliphatic rings. The van der Waals surface area contributed by atoms with E-state index in [0.717, 1.165) is 45.2 Å². The van der Waals surface area contributed by atoms with Crippen molar-refractivity contribution < 1.29 is 14.3 Å². The maximum absolute atomic E-state index is 12.7. The van der Waals surface area contributed by atoms with Gasteiger partial charge in [0.2, 0.25) is 11.8 Å². The van der Waals surface area contributed by atoms with Crippen LogP contribution in [0.4, 0.5) is 0 Å². The van der Waals surface area contributed by atoms with Gasteiger partial charge in [0.05, 0.1) is 19.3 Å². The molecule has 2 aliphatic heterocycles. The molecule has 6 nitrogen and oxygen atoms in total. The lowest BCUT2D eigenvalue weighted by Crippen LogP contribution is -2.48. The molecule has 2 atom stereocenters. The smallest absolute Gasteiger partial charge is 0.225 e. The van der Waals surface area contributed by atoms with Crippen molar-refractivity contribution >= 4 is 11.8 Å². The molecule has 0 aromatic carbocycles. The summed E-state index contributed by atoms with van der Waals surface area (Å²) >= 11 is 0. The van der Waals surface area contributed by atoms with Crippen molar-refractivity contribution in [2.24, 2.45) is 17.8 Å². The molecular weight excluding hydrogens is 342 g/mol. The van der Waals surface area contributed by atoms with E-state index in [1.54, 1.807) is 12.4 Å². The lowest BCUT2D eigenvalue weighted by Gasteiger charge is -2.36. The van der Waals surface area contributed by atoms with Gasteiger partial charge in [-0.15, -0.1) is 0 Å². The summed E-state index contributed by atoms with van der Waals surface area (Å²) in [4.78, 5) is 31.1. The van der Waals surface area contributed by atoms with E-state index < -0.39 is 0 Å². The Balaban J connectivity index is 1.25. The highest BCUT2D eigenvalue weighted by Crippen LogP contribution is 2.30. The van der Waals surface area contributed by atoms with Gasteiger partial charge in [-0.25, -0.2) is 0 Å². The van der Waals surface area contributed by atoms with Crippen LogP contribution in [0.2, 0.25) is 0 Å². The van der Waals surface area contributed by atoms with Crippen LogP contribution in [-0.4, -0.2) is 54.0 Å². The van der Waals surface area contributed by atoms with E-state index in [0.29, 0.717) is 25.0 Å². The summed E-state index contributed by atoms with van der Waals surface area (Å²) in [5.74, 6) is 0.997. The highest BCUT2D eigenvalue weighted by molar-refractivity contribution is 5.81. The summed E-state index contributed by atoms with van der Waals surface area (Å²) < 4.78 is 5.64. The van der Waals surface area contributed by atoms with Crippen LogP contribution >= 0.6 is 0 Å². The highest BCUT2D eigenvalue weighted by Gasteiger charge is 2.35. The summed E-state index contributed by atoms with van der Waals surface area (Å²) in [7, 11) is 0. The van der Waals surface area contributed by atoms with E-state index in [9.17, 15) is 9.59 Å². The van der Waals surface area contributed by atoms with Crippen LogP contribution in [-0.2, 0) is 20.7 Å². The molecule has 1 aliphatic carbocycles. The predicted molar refractivity (Wildman–Crippen MR) is 101 cm³/mol. The Kier molecular flexibility index (Phi) is 5.72. The van der Waals surface area contributed by atoms with Gasteiger partial charge in [0, 0.05) is 43.2 Å². The Bertz CT molecular complexity index is 654. The van der Waals surface area contributed by atoms with Crippen molar-refractivity contribution in [2.75, 3.05) is 26.3 Å². The number of ether oxygens (including phenoxy) is 1. The van der Waals surface area contributed by atoms with Crippen LogP contribution in [0.25, 0.3) is 0 Å². The van der Waals surface area contributed by atoms with Crippen LogP contribution < -0.4 is 5.32 Å². The monoisotopic (exact) mass is 371 g/mol. The fourth-order valence-electron chi connectivity index (χ4n) is 4.36. The second kappa shape index (κ2) is 8.38. The minimum absolute atomic E-state index is 0.0117. The van der Waals surface area contributed by atoms with Gasteiger partial charge in [-0.1, -0.05) is 6.42 Å². The molecule has 1 aromatic rings. The van der Waals surface area contributed by atoms with Crippen molar-refractivity contribution in [3.8, 4) is 0 Å². The number of hydrogen-bond acceptors (Lipinski definition) is 4. The first-order valence-electron chi connectivity index (χ1n) is 10.3. The minimum Gasteiger partial charge on any atom is -0.379 e. The third-order valence-corrected chi connectivity index (χ3v) is 6.41. The molecular formula is C21H29N3O3. The van der Waals surface area contributed by atoms with Crippen molar-refractivity contribution in [1.82, 2.24) is 15.2 Å². The maximum atomic E-state index is 12.7. The lowest BCUT2D eigenvalue weighted by atomic mass is 9.83. The molecule has 2 saturated heterocycles. The molecule has 4 rings (SSSR count). The van der Waals surface area contributed by atoms with E-state index in [2.05, 4.69) is 10.3 Å². The van der Waals surface area contributed by atoms with Gasteiger partial charge in [-0.3, -0.25) is 14.6 Å². The quantitative estimate of drug-likeness (QED) is 0.857. The number of aromatic nitrogens is 1. The molecule has 1 aromatic heterocycles. The number of carbonyl (C=O) groups excluding carboxylic acids is 2. The molecule has 3 heterocycles. The SMILES string of the molecule is O=C(N[C@H]1COC[C@H]1Cc1ccncc1)C1CCN(C(=O)C2CCC2)CC1. The molecule has 1 N–H and O–H groups in total. The molecule has 6 heteroatoms. The van der Waals surface area contributed by atoms with Crippen LogP contribution in [0.15, 0.2) is 24.5 Å². The number of nitrogens with one attached hydrogen (secondary N) is 1. The van der Waals surface area contributed by atoms with Gasteiger partial charge in [-0.05, 0) is 49.8 Å². The van der Waals surface area contributed by atoms with Crippen molar-refractivity contribution in [1.29, 1.82) is 0 Å². The fraction of sp³-hybridized carbons (Fsp3) is 0.667. The number of piperidine rings is 1. The molecule has 0 unspecified atom stereocenters. The van der Waals surface area contributed by atoms with E-state index in [4.69, 9.17) is 4.74 Å². The van der Waals surface area contributed by atoms with Crippen LogP contribution in [0.3, 0.4) is 0 Å². The molecule has 1 saturated carbocycles. The number of nitrogens with zero attached hydrogens (tertiary/aromatic N) is 2. The molecule has 0 spiro atoms. The van der Waals surface area contributed by atoms with Crippen molar-refractivity contribution in [2.45, 2.75) is 44.6 Å². The number of rotatable bonds is 5. The Morgan fingerprint density at radius 1 is 1.07 bits per heavy atom. The third-order valence-electron chi connectivity index (χ3n) is 6.41. The summed E-state index contributed by atoms with van der Waals surface area (Å²) in [6, 6.07) is 4.11. The van der Waals surface area contributed by atoms with E-state index in [1.165, 1.54) is 12.0 Å². The van der Waals surface area contributed by atoms with Gasteiger partial charge in [0.25, 0.3) is 0 Å². The van der Waals surface area contributed by atoms with Crippen LogP contribution in [0.5, 0.6) is 0 Å². The Morgan fingerprint density at radius 3 is 2.48 bits per heavy atom. The zero-order chi connectivity index (χ0) is 18.6. The summed E-state index contributed by atoms with van der Waals surface area (Å²) in [6.45, 7) is 2.70. The van der Waals surface area contributed by atoms with Crippen molar-refractivity contribution in [3.63, 3.8) is 0 Å². The summed E-state index contributed by atoms with van der Waals surface area (Å²) in [5.41, 5.74) is 1.22. The maximum Gasteiger partial charge on any atom is 0.225 e. The minimum atomic E-state index is 0.0117. The number of amides is 2. The molecule has 2 amide bonds. The predicted octanol–water partition coefficient (Wildman–Crippen LogP) is 1.79. The zero-order valence-electron chi connectivity index (χ0n) is 15.8. The molecule has 0 bridgehead atoms. The van der Waals surface area contributed by atoms with Crippen LogP contribution in [0.1, 0.15) is 37.7 Å². The topological polar surface area (TPSA) is 71.5 Å². The average Bonchev–Trinajstić information content (AvgIpc) is 3.08. The van der Waals surface area contributed by atoms with Crippen molar-refractivity contribution in [3.05, 3.63) is 30.1 Å².